The SMILES string of the molecule is C[Si](C)(C)c1ccc(Cl)nc1. The van der Waals surface area contributed by atoms with Crippen LogP contribution in [0.4, 0.5) is 0 Å². The van der Waals surface area contributed by atoms with Crippen LogP contribution < -0.4 is 5.19 Å². The van der Waals surface area contributed by atoms with Crippen molar-refractivity contribution >= 4 is 24.9 Å². The van der Waals surface area contributed by atoms with Crippen molar-refractivity contribution in [2.45, 2.75) is 19.6 Å². The molecular weight excluding hydrogens is 174 g/mol. The fourth-order valence-electron chi connectivity index (χ4n) is 0.819. The molecule has 0 aliphatic heterocycles. The smallest absolute Gasteiger partial charge is 0.128 e. The van der Waals surface area contributed by atoms with Crippen LogP contribution in [0, 0.1) is 0 Å². The van der Waals surface area contributed by atoms with E-state index in [0.29, 0.717) is 5.15 Å². The van der Waals surface area contributed by atoms with Gasteiger partial charge in [0, 0.05) is 6.20 Å². The summed E-state index contributed by atoms with van der Waals surface area (Å²) < 4.78 is 0. The highest BCUT2D eigenvalue weighted by Crippen LogP contribution is 2.04. The quantitative estimate of drug-likeness (QED) is 0.483. The molecular formula is C8H12ClNSi. The van der Waals surface area contributed by atoms with Crippen LogP contribution in [0.1, 0.15) is 0 Å². The molecule has 0 saturated carbocycles. The molecule has 0 radical (unpaired) electrons. The van der Waals surface area contributed by atoms with Crippen LogP contribution in [0.2, 0.25) is 24.8 Å². The summed E-state index contributed by atoms with van der Waals surface area (Å²) in [6.45, 7) is 6.87. The minimum Gasteiger partial charge on any atom is -0.245 e. The number of aromatic nitrogens is 1. The zero-order valence-electron chi connectivity index (χ0n) is 7.06. The highest BCUT2D eigenvalue weighted by molar-refractivity contribution is 6.88. The number of rotatable bonds is 1. The standard InChI is InChI=1S/C8H12ClNSi/c1-11(2,3)7-4-5-8(9)10-6-7/h4-6H,1-3H3. The molecule has 1 nitrogen and oxygen atoms in total. The normalized spacial score (nSPS) is 11.6. The van der Waals surface area contributed by atoms with Crippen molar-refractivity contribution in [1.82, 2.24) is 4.98 Å². The number of pyridine rings is 1. The molecule has 3 heteroatoms. The van der Waals surface area contributed by atoms with Crippen LogP contribution in [0.3, 0.4) is 0 Å². The second kappa shape index (κ2) is 2.95. The lowest BCUT2D eigenvalue weighted by molar-refractivity contribution is 1.34. The average Bonchev–Trinajstić information content (AvgIpc) is 1.86. The van der Waals surface area contributed by atoms with Gasteiger partial charge in [-0.05, 0) is 11.3 Å². The molecule has 0 fully saturated rings. The van der Waals surface area contributed by atoms with Gasteiger partial charge in [-0.25, -0.2) is 4.98 Å². The summed E-state index contributed by atoms with van der Waals surface area (Å²) in [5.74, 6) is 0. The van der Waals surface area contributed by atoms with Crippen molar-refractivity contribution in [2.75, 3.05) is 0 Å². The highest BCUT2D eigenvalue weighted by atomic mass is 35.5. The zero-order valence-corrected chi connectivity index (χ0v) is 8.81. The molecule has 60 valence electrons. The third kappa shape index (κ3) is 2.31. The van der Waals surface area contributed by atoms with E-state index in [0.717, 1.165) is 0 Å². The third-order valence-corrected chi connectivity index (χ3v) is 3.84. The molecule has 1 aromatic rings. The van der Waals surface area contributed by atoms with Gasteiger partial charge in [0.1, 0.15) is 5.15 Å². The zero-order chi connectivity index (χ0) is 8.48. The maximum Gasteiger partial charge on any atom is 0.128 e. The minimum absolute atomic E-state index is 0.576. The van der Waals surface area contributed by atoms with Crippen molar-refractivity contribution in [3.8, 4) is 0 Å². The predicted molar refractivity (Wildman–Crippen MR) is 52.2 cm³/mol. The van der Waals surface area contributed by atoms with Crippen LogP contribution in [-0.4, -0.2) is 13.1 Å². The van der Waals surface area contributed by atoms with Gasteiger partial charge in [-0.1, -0.05) is 37.3 Å². The van der Waals surface area contributed by atoms with Gasteiger partial charge in [0.2, 0.25) is 0 Å². The van der Waals surface area contributed by atoms with Gasteiger partial charge < -0.3 is 0 Å². The summed E-state index contributed by atoms with van der Waals surface area (Å²) in [6, 6.07) is 3.93. The van der Waals surface area contributed by atoms with Crippen molar-refractivity contribution in [3.63, 3.8) is 0 Å². The van der Waals surface area contributed by atoms with Gasteiger partial charge in [-0.3, -0.25) is 0 Å². The molecule has 0 aliphatic rings. The Kier molecular flexibility index (Phi) is 2.35. The first-order valence-electron chi connectivity index (χ1n) is 3.62. The van der Waals surface area contributed by atoms with Crippen molar-refractivity contribution in [3.05, 3.63) is 23.5 Å². The lowest BCUT2D eigenvalue weighted by Gasteiger charge is -2.15. The number of halogens is 1. The number of hydrogen-bond donors (Lipinski definition) is 0. The molecule has 0 N–H and O–H groups in total. The largest absolute Gasteiger partial charge is 0.245 e. The van der Waals surface area contributed by atoms with Crippen molar-refractivity contribution in [1.29, 1.82) is 0 Å². The van der Waals surface area contributed by atoms with E-state index in [4.69, 9.17) is 11.6 Å². The van der Waals surface area contributed by atoms with Gasteiger partial charge in [0.15, 0.2) is 0 Å². The molecule has 1 heterocycles. The minimum atomic E-state index is -1.18. The van der Waals surface area contributed by atoms with Gasteiger partial charge in [-0.15, -0.1) is 0 Å². The molecule has 0 spiro atoms. The van der Waals surface area contributed by atoms with Crippen LogP contribution in [0.25, 0.3) is 0 Å². The Labute approximate surface area is 73.4 Å². The van der Waals surface area contributed by atoms with Gasteiger partial charge in [-0.2, -0.15) is 0 Å². The summed E-state index contributed by atoms with van der Waals surface area (Å²) >= 11 is 5.67. The lowest BCUT2D eigenvalue weighted by Crippen LogP contribution is -2.37. The van der Waals surface area contributed by atoms with E-state index in [1.54, 1.807) is 0 Å². The Hall–Kier alpha value is -0.343. The van der Waals surface area contributed by atoms with Gasteiger partial charge in [0.25, 0.3) is 0 Å². The van der Waals surface area contributed by atoms with Crippen LogP contribution in [-0.2, 0) is 0 Å². The van der Waals surface area contributed by atoms with Crippen molar-refractivity contribution < 1.29 is 0 Å². The van der Waals surface area contributed by atoms with Gasteiger partial charge in [0.05, 0.1) is 8.07 Å². The summed E-state index contributed by atoms with van der Waals surface area (Å²) in [5.41, 5.74) is 0. The molecule has 0 aliphatic carbocycles. The molecule has 0 saturated heterocycles. The van der Waals surface area contributed by atoms with E-state index in [-0.39, 0.29) is 0 Å². The van der Waals surface area contributed by atoms with E-state index >= 15 is 0 Å². The highest BCUT2D eigenvalue weighted by Gasteiger charge is 2.15. The summed E-state index contributed by atoms with van der Waals surface area (Å²) in [5, 5.41) is 1.92. The molecule has 0 aromatic carbocycles. The van der Waals surface area contributed by atoms with E-state index in [9.17, 15) is 0 Å². The maximum absolute atomic E-state index is 5.67. The summed E-state index contributed by atoms with van der Waals surface area (Å²) in [4.78, 5) is 4.05. The Morgan fingerprint density at radius 3 is 2.27 bits per heavy atom. The summed E-state index contributed by atoms with van der Waals surface area (Å²) in [7, 11) is -1.18. The first-order chi connectivity index (χ1) is 5.00. The Morgan fingerprint density at radius 2 is 1.91 bits per heavy atom. The maximum atomic E-state index is 5.67. The molecule has 0 atom stereocenters. The molecule has 0 amide bonds. The monoisotopic (exact) mass is 185 g/mol. The topological polar surface area (TPSA) is 12.9 Å². The predicted octanol–water partition coefficient (Wildman–Crippen LogP) is 2.28. The number of nitrogens with zero attached hydrogens (tertiary/aromatic N) is 1. The lowest BCUT2D eigenvalue weighted by atomic mass is 10.5. The number of hydrogen-bond acceptors (Lipinski definition) is 1. The average molecular weight is 186 g/mol. The molecule has 0 bridgehead atoms. The Balaban J connectivity index is 2.99. The Morgan fingerprint density at radius 1 is 1.27 bits per heavy atom. The third-order valence-electron chi connectivity index (χ3n) is 1.59. The Bertz CT molecular complexity index is 237. The van der Waals surface area contributed by atoms with Crippen LogP contribution in [0.5, 0.6) is 0 Å². The molecule has 1 aromatic heterocycles. The fourth-order valence-corrected chi connectivity index (χ4v) is 1.97. The van der Waals surface area contributed by atoms with Crippen molar-refractivity contribution in [2.24, 2.45) is 0 Å². The van der Waals surface area contributed by atoms with E-state index < -0.39 is 8.07 Å². The molecule has 1 rings (SSSR count). The first kappa shape index (κ1) is 8.75. The van der Waals surface area contributed by atoms with Crippen LogP contribution >= 0.6 is 11.6 Å². The molecule has 11 heavy (non-hydrogen) atoms. The van der Waals surface area contributed by atoms with E-state index in [2.05, 4.69) is 30.7 Å². The first-order valence-corrected chi connectivity index (χ1v) is 7.50. The summed E-state index contributed by atoms with van der Waals surface area (Å²) in [6.07, 6.45) is 1.88. The van der Waals surface area contributed by atoms with E-state index in [1.807, 2.05) is 12.3 Å². The van der Waals surface area contributed by atoms with Gasteiger partial charge >= 0.3 is 0 Å². The molecule has 0 unspecified atom stereocenters. The van der Waals surface area contributed by atoms with Crippen LogP contribution in [0.15, 0.2) is 18.3 Å². The second-order valence-corrected chi connectivity index (χ2v) is 9.08. The second-order valence-electron chi connectivity index (χ2n) is 3.62. The fraction of sp³-hybridized carbons (Fsp3) is 0.375. The van der Waals surface area contributed by atoms with E-state index in [1.165, 1.54) is 5.19 Å².